The molecular weight excluding hydrogens is 323 g/mol. The third-order valence-corrected chi connectivity index (χ3v) is 4.27. The van der Waals surface area contributed by atoms with Crippen LogP contribution in [-0.2, 0) is 19.6 Å². The van der Waals surface area contributed by atoms with E-state index in [9.17, 15) is 26.4 Å². The molecule has 22 heavy (non-hydrogen) atoms. The molecule has 1 aromatic carbocycles. The number of hydrogen-bond donors (Lipinski definition) is 1. The number of sulfonamides is 1. The Balaban J connectivity index is 3.18. The summed E-state index contributed by atoms with van der Waals surface area (Å²) in [6.07, 6.45) is 0.0944. The first kappa shape index (κ1) is 18.4. The van der Waals surface area contributed by atoms with Gasteiger partial charge in [-0.25, -0.2) is 21.6 Å². The summed E-state index contributed by atoms with van der Waals surface area (Å²) in [7, 11) is -3.49. The molecule has 1 N–H and O–H groups in total. The Morgan fingerprint density at radius 2 is 1.82 bits per heavy atom. The number of carbonyl (C=O) groups is 1. The van der Waals surface area contributed by atoms with E-state index >= 15 is 0 Å². The van der Waals surface area contributed by atoms with E-state index in [0.717, 1.165) is 7.11 Å². The van der Waals surface area contributed by atoms with Crippen LogP contribution in [0.5, 0.6) is 0 Å². The zero-order valence-corrected chi connectivity index (χ0v) is 13.0. The van der Waals surface area contributed by atoms with Gasteiger partial charge in [0.1, 0.15) is 10.9 Å². The van der Waals surface area contributed by atoms with Gasteiger partial charge in [0.05, 0.1) is 7.11 Å². The van der Waals surface area contributed by atoms with Crippen LogP contribution in [0.2, 0.25) is 0 Å². The number of carbonyl (C=O) groups excluding carboxylic acids is 1. The third-order valence-electron chi connectivity index (χ3n) is 2.78. The van der Waals surface area contributed by atoms with Crippen LogP contribution in [0.3, 0.4) is 0 Å². The summed E-state index contributed by atoms with van der Waals surface area (Å²) in [6.45, 7) is 3.48. The van der Waals surface area contributed by atoms with Crippen LogP contribution >= 0.6 is 0 Å². The number of methoxy groups -OCH3 is 1. The normalized spacial score (nSPS) is 13.2. The highest BCUT2D eigenvalue weighted by atomic mass is 32.2. The largest absolute Gasteiger partial charge is 0.468 e. The SMILES string of the molecule is COC(=O)[C@@H](CC(C)C)NS(=O)(=O)c1ccc(F)c(F)c1F. The molecule has 0 aliphatic carbocycles. The zero-order valence-electron chi connectivity index (χ0n) is 12.2. The van der Waals surface area contributed by atoms with Crippen LogP contribution in [0, 0.1) is 23.4 Å². The van der Waals surface area contributed by atoms with E-state index in [1.165, 1.54) is 0 Å². The lowest BCUT2D eigenvalue weighted by atomic mass is 10.1. The molecule has 0 fully saturated rings. The molecule has 9 heteroatoms. The summed E-state index contributed by atoms with van der Waals surface area (Å²) in [5, 5.41) is 0. The molecule has 124 valence electrons. The second-order valence-electron chi connectivity index (χ2n) is 5.00. The van der Waals surface area contributed by atoms with Crippen LogP contribution < -0.4 is 4.72 Å². The Hall–Kier alpha value is -1.61. The molecule has 0 heterocycles. The first-order valence-electron chi connectivity index (χ1n) is 6.33. The van der Waals surface area contributed by atoms with Crippen molar-refractivity contribution >= 4 is 16.0 Å². The Morgan fingerprint density at radius 1 is 1.23 bits per heavy atom. The summed E-state index contributed by atoms with van der Waals surface area (Å²) >= 11 is 0. The number of ether oxygens (including phenoxy) is 1. The van der Waals surface area contributed by atoms with Gasteiger partial charge in [-0.3, -0.25) is 4.79 Å². The number of nitrogens with one attached hydrogen (secondary N) is 1. The smallest absolute Gasteiger partial charge is 0.323 e. The second kappa shape index (κ2) is 7.10. The van der Waals surface area contributed by atoms with Gasteiger partial charge in [0.25, 0.3) is 0 Å². The quantitative estimate of drug-likeness (QED) is 0.635. The highest BCUT2D eigenvalue weighted by molar-refractivity contribution is 7.89. The van der Waals surface area contributed by atoms with Crippen molar-refractivity contribution in [1.82, 2.24) is 4.72 Å². The Bertz CT molecular complexity index is 661. The molecule has 5 nitrogen and oxygen atoms in total. The predicted octanol–water partition coefficient (Wildman–Crippen LogP) is 1.97. The summed E-state index contributed by atoms with van der Waals surface area (Å²) in [5.74, 6) is -6.19. The van der Waals surface area contributed by atoms with Gasteiger partial charge >= 0.3 is 5.97 Å². The van der Waals surface area contributed by atoms with Crippen molar-refractivity contribution < 1.29 is 31.1 Å². The lowest BCUT2D eigenvalue weighted by Crippen LogP contribution is -2.42. The molecule has 0 saturated carbocycles. The minimum Gasteiger partial charge on any atom is -0.468 e. The van der Waals surface area contributed by atoms with Crippen molar-refractivity contribution in [2.75, 3.05) is 7.11 Å². The van der Waals surface area contributed by atoms with Gasteiger partial charge in [-0.05, 0) is 24.5 Å². The van der Waals surface area contributed by atoms with E-state index in [0.29, 0.717) is 12.1 Å². The van der Waals surface area contributed by atoms with Gasteiger partial charge in [-0.15, -0.1) is 0 Å². The van der Waals surface area contributed by atoms with E-state index in [-0.39, 0.29) is 12.3 Å². The van der Waals surface area contributed by atoms with Crippen molar-refractivity contribution in [2.45, 2.75) is 31.2 Å². The summed E-state index contributed by atoms with van der Waals surface area (Å²) in [5.41, 5.74) is 0. The first-order valence-corrected chi connectivity index (χ1v) is 7.82. The molecule has 1 rings (SSSR count). The Kier molecular flexibility index (Phi) is 5.95. The van der Waals surface area contributed by atoms with Gasteiger partial charge in [0.2, 0.25) is 10.0 Å². The zero-order chi connectivity index (χ0) is 17.1. The number of hydrogen-bond acceptors (Lipinski definition) is 4. The van der Waals surface area contributed by atoms with Crippen LogP contribution in [0.15, 0.2) is 17.0 Å². The van der Waals surface area contributed by atoms with Gasteiger partial charge in [-0.1, -0.05) is 13.8 Å². The highest BCUT2D eigenvalue weighted by Crippen LogP contribution is 2.20. The van der Waals surface area contributed by atoms with E-state index in [4.69, 9.17) is 0 Å². The van der Waals surface area contributed by atoms with Crippen molar-refractivity contribution in [2.24, 2.45) is 5.92 Å². The molecule has 0 unspecified atom stereocenters. The number of halogens is 3. The maximum Gasteiger partial charge on any atom is 0.323 e. The lowest BCUT2D eigenvalue weighted by Gasteiger charge is -2.18. The topological polar surface area (TPSA) is 72.5 Å². The van der Waals surface area contributed by atoms with E-state index in [1.54, 1.807) is 13.8 Å². The Morgan fingerprint density at radius 3 is 2.32 bits per heavy atom. The van der Waals surface area contributed by atoms with E-state index in [1.807, 2.05) is 4.72 Å². The molecule has 0 radical (unpaired) electrons. The fourth-order valence-corrected chi connectivity index (χ4v) is 3.04. The first-order chi connectivity index (χ1) is 10.1. The van der Waals surface area contributed by atoms with Gasteiger partial charge in [-0.2, -0.15) is 4.72 Å². The van der Waals surface area contributed by atoms with Crippen LogP contribution in [0.4, 0.5) is 13.2 Å². The van der Waals surface area contributed by atoms with Crippen LogP contribution in [0.25, 0.3) is 0 Å². The number of rotatable bonds is 6. The average molecular weight is 339 g/mol. The number of esters is 1. The molecule has 0 spiro atoms. The van der Waals surface area contributed by atoms with Crippen molar-refractivity contribution in [3.8, 4) is 0 Å². The third kappa shape index (κ3) is 4.20. The van der Waals surface area contributed by atoms with Crippen LogP contribution in [0.1, 0.15) is 20.3 Å². The maximum absolute atomic E-state index is 13.6. The highest BCUT2D eigenvalue weighted by Gasteiger charge is 2.30. The summed E-state index contributed by atoms with van der Waals surface area (Å²) in [4.78, 5) is 10.5. The Labute approximate surface area is 126 Å². The second-order valence-corrected chi connectivity index (χ2v) is 6.68. The maximum atomic E-state index is 13.6. The molecule has 0 aliphatic rings. The predicted molar refractivity (Wildman–Crippen MR) is 71.9 cm³/mol. The average Bonchev–Trinajstić information content (AvgIpc) is 2.42. The molecule has 0 aromatic heterocycles. The molecule has 0 bridgehead atoms. The standard InChI is InChI=1S/C13H16F3NO4S/c1-7(2)6-9(13(18)21-3)17-22(19,20)10-5-4-8(14)11(15)12(10)16/h4-5,7,9,17H,6H2,1-3H3/t9-/m1/s1. The fourth-order valence-electron chi connectivity index (χ4n) is 1.77. The van der Waals surface area contributed by atoms with E-state index in [2.05, 4.69) is 4.74 Å². The summed E-state index contributed by atoms with van der Waals surface area (Å²) in [6, 6.07) is -0.190. The van der Waals surface area contributed by atoms with Crippen molar-refractivity contribution in [3.63, 3.8) is 0 Å². The van der Waals surface area contributed by atoms with Crippen molar-refractivity contribution in [1.29, 1.82) is 0 Å². The fraction of sp³-hybridized carbons (Fsp3) is 0.462. The monoisotopic (exact) mass is 339 g/mol. The van der Waals surface area contributed by atoms with Gasteiger partial charge in [0.15, 0.2) is 17.5 Å². The molecular formula is C13H16F3NO4S. The van der Waals surface area contributed by atoms with Gasteiger partial charge < -0.3 is 4.74 Å². The van der Waals surface area contributed by atoms with Crippen molar-refractivity contribution in [3.05, 3.63) is 29.6 Å². The minimum absolute atomic E-state index is 0.0680. The number of benzene rings is 1. The van der Waals surface area contributed by atoms with E-state index < -0.39 is 44.4 Å². The molecule has 0 amide bonds. The minimum atomic E-state index is -4.56. The molecule has 0 aliphatic heterocycles. The molecule has 1 atom stereocenters. The lowest BCUT2D eigenvalue weighted by molar-refractivity contribution is -0.143. The van der Waals surface area contributed by atoms with Crippen LogP contribution in [-0.4, -0.2) is 27.5 Å². The van der Waals surface area contributed by atoms with Gasteiger partial charge in [0, 0.05) is 0 Å². The molecule has 1 aromatic rings. The summed E-state index contributed by atoms with van der Waals surface area (Å²) < 4.78 is 70.2. The molecule has 0 saturated heterocycles.